The molecule has 18 heavy (non-hydrogen) atoms. The van der Waals surface area contributed by atoms with Crippen LogP contribution in [0.15, 0.2) is 18.2 Å². The largest absolute Gasteiger partial charge is 0.493 e. The molecule has 0 radical (unpaired) electrons. The molecule has 1 fully saturated rings. The molecule has 1 unspecified atom stereocenters. The Morgan fingerprint density at radius 2 is 2.06 bits per heavy atom. The summed E-state index contributed by atoms with van der Waals surface area (Å²) in [7, 11) is 0. The van der Waals surface area contributed by atoms with E-state index in [-0.39, 0.29) is 5.54 Å². The van der Waals surface area contributed by atoms with Crippen LogP contribution in [-0.2, 0) is 12.0 Å². The molecule has 3 rings (SSSR count). The Hall–Kier alpha value is -1.02. The van der Waals surface area contributed by atoms with Gasteiger partial charge in [-0.3, -0.25) is 0 Å². The van der Waals surface area contributed by atoms with Gasteiger partial charge in [0.2, 0.25) is 0 Å². The van der Waals surface area contributed by atoms with Crippen LogP contribution < -0.4 is 10.5 Å². The Morgan fingerprint density at radius 1 is 1.22 bits per heavy atom. The molecule has 1 aliphatic heterocycles. The van der Waals surface area contributed by atoms with Crippen LogP contribution in [0.3, 0.4) is 0 Å². The Labute approximate surface area is 110 Å². The lowest BCUT2D eigenvalue weighted by Gasteiger charge is -2.31. The first-order chi connectivity index (χ1) is 8.50. The first kappa shape index (κ1) is 12.0. The van der Waals surface area contributed by atoms with E-state index in [0.717, 1.165) is 38.0 Å². The molecule has 0 aromatic heterocycles. The Balaban J connectivity index is 2.02. The van der Waals surface area contributed by atoms with Gasteiger partial charge in [0.05, 0.1) is 6.61 Å². The smallest absolute Gasteiger partial charge is 0.127 e. The molecule has 0 spiro atoms. The van der Waals surface area contributed by atoms with Crippen molar-refractivity contribution in [3.63, 3.8) is 0 Å². The standard InChI is InChI=1S/C16H23NO/c1-15(2)8-9-16(17,11-15)13-7-3-5-12-6-4-10-18-14(12)13/h3,5,7H,4,6,8-11,17H2,1-2H3. The lowest BCUT2D eigenvalue weighted by molar-refractivity contribution is 0.271. The van der Waals surface area contributed by atoms with Gasteiger partial charge in [0, 0.05) is 11.1 Å². The second-order valence-corrected chi connectivity index (χ2v) is 6.74. The molecule has 2 aliphatic rings. The summed E-state index contributed by atoms with van der Waals surface area (Å²) < 4.78 is 5.92. The quantitative estimate of drug-likeness (QED) is 0.823. The SMILES string of the molecule is CC1(C)CCC(N)(c2cccc3c2OCCC3)C1. The van der Waals surface area contributed by atoms with Gasteiger partial charge in [-0.1, -0.05) is 32.0 Å². The summed E-state index contributed by atoms with van der Waals surface area (Å²) in [4.78, 5) is 0. The molecule has 0 bridgehead atoms. The van der Waals surface area contributed by atoms with E-state index in [0.29, 0.717) is 5.41 Å². The van der Waals surface area contributed by atoms with Crippen LogP contribution >= 0.6 is 0 Å². The molecule has 98 valence electrons. The highest BCUT2D eigenvalue weighted by Gasteiger charge is 2.43. The highest BCUT2D eigenvalue weighted by molar-refractivity contribution is 5.47. The summed E-state index contributed by atoms with van der Waals surface area (Å²) in [6.07, 6.45) is 5.58. The highest BCUT2D eigenvalue weighted by atomic mass is 16.5. The maximum absolute atomic E-state index is 6.70. The van der Waals surface area contributed by atoms with Crippen LogP contribution in [0.4, 0.5) is 0 Å². The van der Waals surface area contributed by atoms with E-state index in [1.54, 1.807) is 0 Å². The minimum absolute atomic E-state index is 0.188. The monoisotopic (exact) mass is 245 g/mol. The Bertz CT molecular complexity index is 466. The van der Waals surface area contributed by atoms with Gasteiger partial charge < -0.3 is 10.5 Å². The fraction of sp³-hybridized carbons (Fsp3) is 0.625. The van der Waals surface area contributed by atoms with Crippen LogP contribution in [0.5, 0.6) is 5.75 Å². The fourth-order valence-corrected chi connectivity index (χ4v) is 3.60. The number of nitrogens with two attached hydrogens (primary N) is 1. The van der Waals surface area contributed by atoms with Gasteiger partial charge in [0.25, 0.3) is 0 Å². The van der Waals surface area contributed by atoms with Crippen LogP contribution in [0.1, 0.15) is 50.7 Å². The van der Waals surface area contributed by atoms with Gasteiger partial charge in [-0.25, -0.2) is 0 Å². The van der Waals surface area contributed by atoms with Crippen LogP contribution in [0.25, 0.3) is 0 Å². The molecule has 2 nitrogen and oxygen atoms in total. The van der Waals surface area contributed by atoms with Crippen molar-refractivity contribution in [2.24, 2.45) is 11.1 Å². The third-order valence-electron chi connectivity index (χ3n) is 4.51. The Morgan fingerprint density at radius 3 is 2.78 bits per heavy atom. The average molecular weight is 245 g/mol. The minimum Gasteiger partial charge on any atom is -0.493 e. The van der Waals surface area contributed by atoms with Crippen molar-refractivity contribution in [2.75, 3.05) is 6.61 Å². The van der Waals surface area contributed by atoms with Gasteiger partial charge in [0.15, 0.2) is 0 Å². The van der Waals surface area contributed by atoms with Crippen molar-refractivity contribution < 1.29 is 4.74 Å². The average Bonchev–Trinajstić information content (AvgIpc) is 2.64. The van der Waals surface area contributed by atoms with E-state index >= 15 is 0 Å². The molecule has 1 aromatic rings. The molecule has 1 heterocycles. The molecule has 1 aromatic carbocycles. The molecule has 2 heteroatoms. The number of benzene rings is 1. The van der Waals surface area contributed by atoms with E-state index in [1.165, 1.54) is 17.5 Å². The number of aryl methyl sites for hydroxylation is 1. The van der Waals surface area contributed by atoms with Gasteiger partial charge in [-0.05, 0) is 43.1 Å². The summed E-state index contributed by atoms with van der Waals surface area (Å²) in [5, 5.41) is 0. The zero-order chi connectivity index (χ0) is 12.8. The van der Waals surface area contributed by atoms with Crippen molar-refractivity contribution in [3.05, 3.63) is 29.3 Å². The predicted octanol–water partition coefficient (Wildman–Crippen LogP) is 3.38. The van der Waals surface area contributed by atoms with Crippen LogP contribution in [-0.4, -0.2) is 6.61 Å². The number of fused-ring (bicyclic) bond motifs is 1. The van der Waals surface area contributed by atoms with Crippen LogP contribution in [0, 0.1) is 5.41 Å². The van der Waals surface area contributed by atoms with E-state index in [4.69, 9.17) is 10.5 Å². The van der Waals surface area contributed by atoms with Crippen molar-refractivity contribution in [3.8, 4) is 5.75 Å². The topological polar surface area (TPSA) is 35.2 Å². The summed E-state index contributed by atoms with van der Waals surface area (Å²) >= 11 is 0. The molecule has 0 amide bonds. The zero-order valence-corrected chi connectivity index (χ0v) is 11.5. The number of hydrogen-bond acceptors (Lipinski definition) is 2. The molecule has 0 saturated heterocycles. The first-order valence-corrected chi connectivity index (χ1v) is 7.04. The van der Waals surface area contributed by atoms with Crippen molar-refractivity contribution >= 4 is 0 Å². The van der Waals surface area contributed by atoms with Gasteiger partial charge in [-0.2, -0.15) is 0 Å². The molecular formula is C16H23NO. The molecule has 1 aliphatic carbocycles. The molecule has 2 N–H and O–H groups in total. The van der Waals surface area contributed by atoms with E-state index in [9.17, 15) is 0 Å². The van der Waals surface area contributed by atoms with Crippen molar-refractivity contribution in [2.45, 2.75) is 51.5 Å². The summed E-state index contributed by atoms with van der Waals surface area (Å²) in [6, 6.07) is 6.50. The minimum atomic E-state index is -0.188. The lowest BCUT2D eigenvalue weighted by Crippen LogP contribution is -2.35. The maximum Gasteiger partial charge on any atom is 0.127 e. The number of ether oxygens (including phenoxy) is 1. The third kappa shape index (κ3) is 1.93. The summed E-state index contributed by atoms with van der Waals surface area (Å²) in [5.74, 6) is 1.09. The fourth-order valence-electron chi connectivity index (χ4n) is 3.60. The van der Waals surface area contributed by atoms with Gasteiger partial charge in [-0.15, -0.1) is 0 Å². The number of para-hydroxylation sites is 1. The number of rotatable bonds is 1. The normalized spacial score (nSPS) is 29.7. The van der Waals surface area contributed by atoms with Gasteiger partial charge in [0.1, 0.15) is 5.75 Å². The van der Waals surface area contributed by atoms with Crippen molar-refractivity contribution in [1.82, 2.24) is 0 Å². The number of hydrogen-bond donors (Lipinski definition) is 1. The van der Waals surface area contributed by atoms with E-state index in [1.807, 2.05) is 0 Å². The second-order valence-electron chi connectivity index (χ2n) is 6.74. The van der Waals surface area contributed by atoms with E-state index < -0.39 is 0 Å². The molecule has 1 atom stereocenters. The third-order valence-corrected chi connectivity index (χ3v) is 4.51. The zero-order valence-electron chi connectivity index (χ0n) is 11.5. The summed E-state index contributed by atoms with van der Waals surface area (Å²) in [5.41, 5.74) is 9.45. The van der Waals surface area contributed by atoms with Crippen LogP contribution in [0.2, 0.25) is 0 Å². The Kier molecular flexibility index (Phi) is 2.67. The second kappa shape index (κ2) is 3.99. The highest BCUT2D eigenvalue weighted by Crippen LogP contribution is 2.50. The van der Waals surface area contributed by atoms with Gasteiger partial charge >= 0.3 is 0 Å². The maximum atomic E-state index is 6.70. The molecule has 1 saturated carbocycles. The molecular weight excluding hydrogens is 222 g/mol. The van der Waals surface area contributed by atoms with Crippen molar-refractivity contribution in [1.29, 1.82) is 0 Å². The summed E-state index contributed by atoms with van der Waals surface area (Å²) in [6.45, 7) is 5.47. The first-order valence-electron chi connectivity index (χ1n) is 7.04. The lowest BCUT2D eigenvalue weighted by atomic mass is 9.82. The van der Waals surface area contributed by atoms with E-state index in [2.05, 4.69) is 32.0 Å². The predicted molar refractivity (Wildman–Crippen MR) is 73.8 cm³/mol.